The van der Waals surface area contributed by atoms with Crippen molar-refractivity contribution in [3.8, 4) is 11.5 Å². The molecule has 0 unspecified atom stereocenters. The molecule has 2 aliphatic rings. The van der Waals surface area contributed by atoms with Crippen molar-refractivity contribution in [2.24, 2.45) is 0 Å². The normalized spacial score (nSPS) is 18.5. The lowest BCUT2D eigenvalue weighted by molar-refractivity contribution is -0.124. The number of methoxy groups -OCH3 is 1. The molecule has 1 aliphatic carbocycles. The summed E-state index contributed by atoms with van der Waals surface area (Å²) in [5.74, 6) is 1.17. The molecule has 0 radical (unpaired) electrons. The van der Waals surface area contributed by atoms with Crippen LogP contribution in [0.15, 0.2) is 41.3 Å². The zero-order valence-electron chi connectivity index (χ0n) is 17.6. The van der Waals surface area contributed by atoms with Gasteiger partial charge in [0, 0.05) is 21.7 Å². The molecule has 32 heavy (non-hydrogen) atoms. The number of halogens is 2. The van der Waals surface area contributed by atoms with E-state index in [1.54, 1.807) is 19.2 Å². The molecule has 1 saturated heterocycles. The fourth-order valence-electron chi connectivity index (χ4n) is 3.97. The highest BCUT2D eigenvalue weighted by Crippen LogP contribution is 2.38. The first kappa shape index (κ1) is 23.4. The highest BCUT2D eigenvalue weighted by atomic mass is 35.5. The van der Waals surface area contributed by atoms with Crippen LogP contribution in [0.3, 0.4) is 0 Å². The van der Waals surface area contributed by atoms with Crippen molar-refractivity contribution in [1.29, 1.82) is 0 Å². The summed E-state index contributed by atoms with van der Waals surface area (Å²) in [6.07, 6.45) is 7.46. The molecule has 0 aromatic heterocycles. The topological polar surface area (TPSA) is 38.8 Å². The number of thioether (sulfide) groups is 1. The van der Waals surface area contributed by atoms with Gasteiger partial charge in [-0.1, -0.05) is 78.6 Å². The van der Waals surface area contributed by atoms with Gasteiger partial charge in [0.15, 0.2) is 11.5 Å². The SMILES string of the molecule is COc1cc(/C=C2/SC(=S)N(C3CCCCC3)C2=O)ccc1OCc1ccc(Cl)cc1Cl. The summed E-state index contributed by atoms with van der Waals surface area (Å²) in [7, 11) is 1.59. The predicted molar refractivity (Wildman–Crippen MR) is 136 cm³/mol. The van der Waals surface area contributed by atoms with Crippen LogP contribution in [-0.4, -0.2) is 28.3 Å². The Morgan fingerprint density at radius 2 is 1.91 bits per heavy atom. The lowest BCUT2D eigenvalue weighted by Crippen LogP contribution is -2.39. The Hall–Kier alpha value is -1.73. The lowest BCUT2D eigenvalue weighted by atomic mass is 9.94. The number of nitrogens with zero attached hydrogens (tertiary/aromatic N) is 1. The van der Waals surface area contributed by atoms with Crippen molar-refractivity contribution in [3.63, 3.8) is 0 Å². The van der Waals surface area contributed by atoms with Crippen molar-refractivity contribution in [3.05, 3.63) is 62.5 Å². The Morgan fingerprint density at radius 1 is 1.12 bits per heavy atom. The molecule has 0 spiro atoms. The number of rotatable bonds is 6. The van der Waals surface area contributed by atoms with Gasteiger partial charge in [0.1, 0.15) is 10.9 Å². The molecule has 0 N–H and O–H groups in total. The minimum absolute atomic E-state index is 0.00331. The van der Waals surface area contributed by atoms with Crippen LogP contribution >= 0.6 is 47.2 Å². The van der Waals surface area contributed by atoms with Crippen LogP contribution in [0.4, 0.5) is 0 Å². The summed E-state index contributed by atoms with van der Waals surface area (Å²) in [5.41, 5.74) is 1.68. The third-order valence-corrected chi connectivity index (χ3v) is 7.56. The number of carbonyl (C=O) groups excluding carboxylic acids is 1. The number of carbonyl (C=O) groups is 1. The first-order chi connectivity index (χ1) is 15.5. The highest BCUT2D eigenvalue weighted by Gasteiger charge is 2.37. The zero-order valence-corrected chi connectivity index (χ0v) is 20.8. The van der Waals surface area contributed by atoms with Crippen LogP contribution in [0.25, 0.3) is 6.08 Å². The van der Waals surface area contributed by atoms with Crippen LogP contribution in [0, 0.1) is 0 Å². The van der Waals surface area contributed by atoms with Crippen LogP contribution in [0.1, 0.15) is 43.2 Å². The van der Waals surface area contributed by atoms with Gasteiger partial charge >= 0.3 is 0 Å². The summed E-state index contributed by atoms with van der Waals surface area (Å²) in [6.45, 7) is 0.283. The van der Waals surface area contributed by atoms with E-state index < -0.39 is 0 Å². The first-order valence-corrected chi connectivity index (χ1v) is 12.5. The number of benzene rings is 2. The van der Waals surface area contributed by atoms with E-state index in [4.69, 9.17) is 44.9 Å². The number of hydrogen-bond acceptors (Lipinski definition) is 5. The van der Waals surface area contributed by atoms with E-state index in [-0.39, 0.29) is 18.6 Å². The molecule has 1 amide bonds. The van der Waals surface area contributed by atoms with Crippen molar-refractivity contribution >= 4 is 63.5 Å². The molecule has 8 heteroatoms. The van der Waals surface area contributed by atoms with Gasteiger partial charge in [0.05, 0.1) is 12.0 Å². The van der Waals surface area contributed by atoms with Crippen LogP contribution in [-0.2, 0) is 11.4 Å². The van der Waals surface area contributed by atoms with E-state index in [2.05, 4.69) is 0 Å². The average molecular weight is 508 g/mol. The van der Waals surface area contributed by atoms with Gasteiger partial charge in [0.2, 0.25) is 0 Å². The van der Waals surface area contributed by atoms with Crippen molar-refractivity contribution in [1.82, 2.24) is 4.90 Å². The summed E-state index contributed by atoms with van der Waals surface area (Å²) in [4.78, 5) is 15.5. The standard InChI is InChI=1S/C24H23Cl2NO3S2/c1-29-21-11-15(7-10-20(21)30-14-16-8-9-17(25)13-19(16)26)12-22-23(28)27(24(31)32-22)18-5-3-2-4-6-18/h7-13,18H,2-6,14H2,1H3/b22-12+. The summed E-state index contributed by atoms with van der Waals surface area (Å²) >= 11 is 19.1. The molecule has 0 bridgehead atoms. The van der Waals surface area contributed by atoms with Crippen LogP contribution in [0.2, 0.25) is 10.0 Å². The lowest BCUT2D eigenvalue weighted by Gasteiger charge is -2.29. The maximum atomic E-state index is 13.0. The summed E-state index contributed by atoms with van der Waals surface area (Å²) < 4.78 is 12.1. The molecule has 2 aromatic rings. The fraction of sp³-hybridized carbons (Fsp3) is 0.333. The minimum Gasteiger partial charge on any atom is -0.493 e. The Kier molecular flexibility index (Phi) is 7.66. The molecule has 4 rings (SSSR count). The second kappa shape index (κ2) is 10.5. The minimum atomic E-state index is 0.00331. The van der Waals surface area contributed by atoms with Crippen molar-refractivity contribution in [2.75, 3.05) is 7.11 Å². The molecule has 1 aliphatic heterocycles. The van der Waals surface area contributed by atoms with Gasteiger partial charge in [-0.05, 0) is 48.7 Å². The Labute approximate surface area is 207 Å². The third kappa shape index (κ3) is 5.25. The molecule has 2 fully saturated rings. The van der Waals surface area contributed by atoms with E-state index in [1.807, 2.05) is 35.2 Å². The average Bonchev–Trinajstić information content (AvgIpc) is 3.07. The fourth-order valence-corrected chi connectivity index (χ4v) is 5.84. The van der Waals surface area contributed by atoms with Gasteiger partial charge in [-0.25, -0.2) is 0 Å². The van der Waals surface area contributed by atoms with E-state index in [0.717, 1.165) is 36.8 Å². The molecular formula is C24H23Cl2NO3S2. The molecular weight excluding hydrogens is 485 g/mol. The largest absolute Gasteiger partial charge is 0.493 e. The molecule has 1 saturated carbocycles. The Bertz CT molecular complexity index is 1070. The zero-order chi connectivity index (χ0) is 22.7. The van der Waals surface area contributed by atoms with E-state index >= 15 is 0 Å². The quantitative estimate of drug-likeness (QED) is 0.307. The smallest absolute Gasteiger partial charge is 0.266 e. The van der Waals surface area contributed by atoms with Crippen molar-refractivity contribution in [2.45, 2.75) is 44.8 Å². The maximum Gasteiger partial charge on any atom is 0.266 e. The van der Waals surface area contributed by atoms with E-state index in [9.17, 15) is 4.79 Å². The molecule has 4 nitrogen and oxygen atoms in total. The maximum absolute atomic E-state index is 13.0. The second-order valence-electron chi connectivity index (χ2n) is 7.78. The van der Waals surface area contributed by atoms with E-state index in [1.165, 1.54) is 18.2 Å². The van der Waals surface area contributed by atoms with Gasteiger partial charge in [-0.2, -0.15) is 0 Å². The van der Waals surface area contributed by atoms with E-state index in [0.29, 0.717) is 30.8 Å². The van der Waals surface area contributed by atoms with Crippen LogP contribution in [0.5, 0.6) is 11.5 Å². The number of amides is 1. The van der Waals surface area contributed by atoms with Gasteiger partial charge in [0.25, 0.3) is 5.91 Å². The molecule has 1 heterocycles. The molecule has 2 aromatic carbocycles. The summed E-state index contributed by atoms with van der Waals surface area (Å²) in [6, 6.07) is 11.1. The monoisotopic (exact) mass is 507 g/mol. The molecule has 0 atom stereocenters. The molecule has 168 valence electrons. The number of hydrogen-bond donors (Lipinski definition) is 0. The third-order valence-electron chi connectivity index (χ3n) is 5.65. The Balaban J connectivity index is 1.49. The predicted octanol–water partition coefficient (Wildman–Crippen LogP) is 7.11. The highest BCUT2D eigenvalue weighted by molar-refractivity contribution is 8.26. The van der Waals surface area contributed by atoms with Gasteiger partial charge in [-0.3, -0.25) is 9.69 Å². The Morgan fingerprint density at radius 3 is 2.62 bits per heavy atom. The van der Waals surface area contributed by atoms with Crippen LogP contribution < -0.4 is 9.47 Å². The summed E-state index contributed by atoms with van der Waals surface area (Å²) in [5, 5.41) is 1.13. The van der Waals surface area contributed by atoms with Gasteiger partial charge in [-0.15, -0.1) is 0 Å². The second-order valence-corrected chi connectivity index (χ2v) is 10.3. The number of thiocarbonyl (C=S) groups is 1. The van der Waals surface area contributed by atoms with Crippen molar-refractivity contribution < 1.29 is 14.3 Å². The number of ether oxygens (including phenoxy) is 2. The van der Waals surface area contributed by atoms with Gasteiger partial charge < -0.3 is 9.47 Å². The first-order valence-electron chi connectivity index (χ1n) is 10.5.